The number of piperazine rings is 1. The number of carbonyl (C=O) groups excluding carboxylic acids is 2. The summed E-state index contributed by atoms with van der Waals surface area (Å²) in [6, 6.07) is 7.02. The first-order chi connectivity index (χ1) is 10.5. The molecular formula is C16H25ClN4O2. The zero-order valence-corrected chi connectivity index (χ0v) is 14.6. The first kappa shape index (κ1) is 19.3. The fourth-order valence-corrected chi connectivity index (χ4v) is 2.47. The highest BCUT2D eigenvalue weighted by atomic mass is 35.5. The molecule has 1 aromatic carbocycles. The van der Waals surface area contributed by atoms with Gasteiger partial charge in [0, 0.05) is 43.0 Å². The van der Waals surface area contributed by atoms with Gasteiger partial charge in [-0.05, 0) is 39.0 Å². The van der Waals surface area contributed by atoms with Gasteiger partial charge in [0.15, 0.2) is 0 Å². The lowest BCUT2D eigenvalue weighted by atomic mass is 10.1. The molecule has 1 aromatic rings. The molecule has 3 N–H and O–H groups in total. The number of hydrogen-bond donors (Lipinski definition) is 3. The summed E-state index contributed by atoms with van der Waals surface area (Å²) in [5.74, 6) is 0.00178. The van der Waals surface area contributed by atoms with E-state index in [-0.39, 0.29) is 36.4 Å². The third-order valence-corrected chi connectivity index (χ3v) is 3.55. The molecule has 0 bridgehead atoms. The van der Waals surface area contributed by atoms with Crippen molar-refractivity contribution < 1.29 is 9.59 Å². The first-order valence-electron chi connectivity index (χ1n) is 7.66. The van der Waals surface area contributed by atoms with Crippen molar-refractivity contribution in [1.29, 1.82) is 0 Å². The van der Waals surface area contributed by atoms with Crippen LogP contribution >= 0.6 is 12.4 Å². The molecule has 6 nitrogen and oxygen atoms in total. The van der Waals surface area contributed by atoms with Gasteiger partial charge in [-0.1, -0.05) is 6.07 Å². The van der Waals surface area contributed by atoms with Crippen LogP contribution in [0, 0.1) is 0 Å². The van der Waals surface area contributed by atoms with Gasteiger partial charge in [-0.2, -0.15) is 0 Å². The highest BCUT2D eigenvalue weighted by molar-refractivity contribution is 5.97. The average Bonchev–Trinajstić information content (AvgIpc) is 2.46. The quantitative estimate of drug-likeness (QED) is 0.788. The Bertz CT molecular complexity index is 551. The summed E-state index contributed by atoms with van der Waals surface area (Å²) in [6.45, 7) is 8.13. The minimum atomic E-state index is -0.268. The van der Waals surface area contributed by atoms with E-state index in [4.69, 9.17) is 0 Å². The number of anilines is 1. The zero-order chi connectivity index (χ0) is 16.1. The smallest absolute Gasteiger partial charge is 0.319 e. The molecule has 1 aliphatic rings. The van der Waals surface area contributed by atoms with E-state index in [9.17, 15) is 9.59 Å². The van der Waals surface area contributed by atoms with E-state index < -0.39 is 0 Å². The predicted molar refractivity (Wildman–Crippen MR) is 94.3 cm³/mol. The van der Waals surface area contributed by atoms with Crippen LogP contribution in [0.3, 0.4) is 0 Å². The summed E-state index contributed by atoms with van der Waals surface area (Å²) in [5, 5.41) is 8.77. The van der Waals surface area contributed by atoms with Crippen LogP contribution in [0.4, 0.5) is 10.5 Å². The van der Waals surface area contributed by atoms with Crippen LogP contribution < -0.4 is 16.0 Å². The maximum atomic E-state index is 12.6. The summed E-state index contributed by atoms with van der Waals surface area (Å²) in [4.78, 5) is 26.2. The van der Waals surface area contributed by atoms with E-state index in [2.05, 4.69) is 16.0 Å². The Balaban J connectivity index is 0.00000264. The molecule has 1 unspecified atom stereocenters. The van der Waals surface area contributed by atoms with Gasteiger partial charge in [-0.25, -0.2) is 4.79 Å². The molecule has 23 heavy (non-hydrogen) atoms. The van der Waals surface area contributed by atoms with Crippen LogP contribution in [0.25, 0.3) is 0 Å². The number of benzene rings is 1. The van der Waals surface area contributed by atoms with Gasteiger partial charge in [-0.3, -0.25) is 4.79 Å². The minimum Gasteiger partial charge on any atom is -0.336 e. The summed E-state index contributed by atoms with van der Waals surface area (Å²) in [7, 11) is 0. The van der Waals surface area contributed by atoms with E-state index in [0.29, 0.717) is 17.8 Å². The van der Waals surface area contributed by atoms with Crippen molar-refractivity contribution in [2.45, 2.75) is 32.9 Å². The lowest BCUT2D eigenvalue weighted by Gasteiger charge is -2.34. The Hall–Kier alpha value is -1.79. The maximum absolute atomic E-state index is 12.6. The normalized spacial score (nSPS) is 17.4. The fraction of sp³-hybridized carbons (Fsp3) is 0.500. The summed E-state index contributed by atoms with van der Waals surface area (Å²) in [6.07, 6.45) is 0. The number of hydrogen-bond acceptors (Lipinski definition) is 3. The van der Waals surface area contributed by atoms with E-state index in [1.54, 1.807) is 24.3 Å². The van der Waals surface area contributed by atoms with E-state index in [1.165, 1.54) is 0 Å². The molecule has 1 atom stereocenters. The summed E-state index contributed by atoms with van der Waals surface area (Å²) < 4.78 is 0. The Morgan fingerprint density at radius 2 is 2.09 bits per heavy atom. The van der Waals surface area contributed by atoms with Gasteiger partial charge in [0.1, 0.15) is 0 Å². The second-order valence-corrected chi connectivity index (χ2v) is 5.89. The number of rotatable bonds is 3. The number of nitrogens with one attached hydrogen (secondary N) is 3. The molecule has 1 aliphatic heterocycles. The molecule has 1 fully saturated rings. The maximum Gasteiger partial charge on any atom is 0.319 e. The standard InChI is InChI=1S/C16H24N4O2.ClH/c1-11(2)18-16(22)19-14-6-4-5-13(9-14)15(21)20-8-7-17-10-12(20)3;/h4-6,9,11-12,17H,7-8,10H2,1-3H3,(H2,18,19,22);1H. The van der Waals surface area contributed by atoms with Gasteiger partial charge in [0.25, 0.3) is 5.91 Å². The number of nitrogens with zero attached hydrogens (tertiary/aromatic N) is 1. The van der Waals surface area contributed by atoms with Crippen LogP contribution in [0.5, 0.6) is 0 Å². The molecule has 2 rings (SSSR count). The van der Waals surface area contributed by atoms with Crippen LogP contribution in [0.2, 0.25) is 0 Å². The lowest BCUT2D eigenvalue weighted by molar-refractivity contribution is 0.0656. The molecule has 3 amide bonds. The molecule has 0 saturated carbocycles. The monoisotopic (exact) mass is 340 g/mol. The Morgan fingerprint density at radius 3 is 2.74 bits per heavy atom. The second kappa shape index (κ2) is 8.74. The molecule has 1 saturated heterocycles. The largest absolute Gasteiger partial charge is 0.336 e. The SMILES string of the molecule is CC(C)NC(=O)Nc1cccc(C(=O)N2CCNCC2C)c1.Cl. The summed E-state index contributed by atoms with van der Waals surface area (Å²) in [5.41, 5.74) is 1.21. The second-order valence-electron chi connectivity index (χ2n) is 5.89. The van der Waals surface area contributed by atoms with E-state index in [1.807, 2.05) is 25.7 Å². The number of urea groups is 1. The van der Waals surface area contributed by atoms with Crippen molar-refractivity contribution in [3.63, 3.8) is 0 Å². The molecule has 0 aliphatic carbocycles. The van der Waals surface area contributed by atoms with Crippen molar-refractivity contribution in [2.24, 2.45) is 0 Å². The molecule has 0 radical (unpaired) electrons. The molecular weight excluding hydrogens is 316 g/mol. The van der Waals surface area contributed by atoms with Crippen molar-refractivity contribution in [3.05, 3.63) is 29.8 Å². The Morgan fingerprint density at radius 1 is 1.35 bits per heavy atom. The summed E-state index contributed by atoms with van der Waals surface area (Å²) >= 11 is 0. The Kier molecular flexibility index (Phi) is 7.32. The van der Waals surface area contributed by atoms with Gasteiger partial charge < -0.3 is 20.9 Å². The van der Waals surface area contributed by atoms with Crippen LogP contribution in [0.15, 0.2) is 24.3 Å². The zero-order valence-electron chi connectivity index (χ0n) is 13.8. The number of halogens is 1. The van der Waals surface area contributed by atoms with Crippen molar-refractivity contribution in [1.82, 2.24) is 15.5 Å². The van der Waals surface area contributed by atoms with Gasteiger partial charge in [0.2, 0.25) is 0 Å². The number of carbonyl (C=O) groups is 2. The molecule has 0 aromatic heterocycles. The third kappa shape index (κ3) is 5.41. The number of amides is 3. The van der Waals surface area contributed by atoms with Crippen LogP contribution in [0.1, 0.15) is 31.1 Å². The van der Waals surface area contributed by atoms with Gasteiger partial charge in [0.05, 0.1) is 0 Å². The molecule has 1 heterocycles. The molecule has 128 valence electrons. The van der Waals surface area contributed by atoms with Crippen molar-refractivity contribution in [2.75, 3.05) is 25.0 Å². The predicted octanol–water partition coefficient (Wildman–Crippen LogP) is 2.07. The molecule has 0 spiro atoms. The van der Waals surface area contributed by atoms with E-state index in [0.717, 1.165) is 13.1 Å². The van der Waals surface area contributed by atoms with Crippen molar-refractivity contribution >= 4 is 30.0 Å². The van der Waals surface area contributed by atoms with Crippen LogP contribution in [-0.2, 0) is 0 Å². The third-order valence-electron chi connectivity index (χ3n) is 3.55. The first-order valence-corrected chi connectivity index (χ1v) is 7.66. The highest BCUT2D eigenvalue weighted by Crippen LogP contribution is 2.15. The van der Waals surface area contributed by atoms with Crippen molar-refractivity contribution in [3.8, 4) is 0 Å². The topological polar surface area (TPSA) is 73.5 Å². The Labute approximate surface area is 143 Å². The fourth-order valence-electron chi connectivity index (χ4n) is 2.47. The lowest BCUT2D eigenvalue weighted by Crippen LogP contribution is -2.52. The minimum absolute atomic E-state index is 0. The highest BCUT2D eigenvalue weighted by Gasteiger charge is 2.24. The van der Waals surface area contributed by atoms with E-state index >= 15 is 0 Å². The van der Waals surface area contributed by atoms with Gasteiger partial charge in [-0.15, -0.1) is 12.4 Å². The van der Waals surface area contributed by atoms with Crippen LogP contribution in [-0.4, -0.2) is 48.6 Å². The molecule has 7 heteroatoms. The average molecular weight is 341 g/mol. The van der Waals surface area contributed by atoms with Gasteiger partial charge >= 0.3 is 6.03 Å².